The molecule has 4 aromatic rings. The number of hydrogen-bond donors (Lipinski definition) is 2. The lowest BCUT2D eigenvalue weighted by atomic mass is 9.94. The normalized spacial score (nSPS) is 17.4. The number of aromatic nitrogens is 6. The van der Waals surface area contributed by atoms with E-state index in [9.17, 15) is 5.11 Å². The van der Waals surface area contributed by atoms with Crippen LogP contribution in [-0.4, -0.2) is 66.6 Å². The Bertz CT molecular complexity index is 1290. The van der Waals surface area contributed by atoms with Crippen molar-refractivity contribution in [3.8, 4) is 17.0 Å². The standard InChI is InChI=1S/C24H31N7O2/c1-15-11-18-16(2)28-31(7-9-32)24(18)33-10-8-29(3)14-22-20(13-25-30(22)4)17-5-6-21-19(12-17)23(15)27-26-21/h5-6,12-13,15,32H,7-11,14H2,1-4H3,(H,26,27). The quantitative estimate of drug-likeness (QED) is 0.488. The molecule has 1 aromatic carbocycles. The number of benzene rings is 1. The fourth-order valence-corrected chi connectivity index (χ4v) is 4.75. The minimum Gasteiger partial charge on any atom is -0.476 e. The van der Waals surface area contributed by atoms with E-state index in [2.05, 4.69) is 57.5 Å². The van der Waals surface area contributed by atoms with Crippen LogP contribution in [0.15, 0.2) is 24.4 Å². The van der Waals surface area contributed by atoms with Crippen molar-refractivity contribution in [2.45, 2.75) is 39.3 Å². The van der Waals surface area contributed by atoms with E-state index in [1.54, 1.807) is 4.68 Å². The second kappa shape index (κ2) is 8.64. The lowest BCUT2D eigenvalue weighted by Crippen LogP contribution is -2.26. The summed E-state index contributed by atoms with van der Waals surface area (Å²) < 4.78 is 10.0. The molecule has 4 heterocycles. The zero-order chi connectivity index (χ0) is 23.1. The average Bonchev–Trinajstić information content (AvgIpc) is 3.45. The Hall–Kier alpha value is -3.17. The second-order valence-electron chi connectivity index (χ2n) is 9.01. The molecule has 1 aliphatic heterocycles. The molecule has 0 saturated carbocycles. The maximum Gasteiger partial charge on any atom is 0.215 e. The summed E-state index contributed by atoms with van der Waals surface area (Å²) in [5, 5.41) is 27.7. The number of aromatic amines is 1. The van der Waals surface area contributed by atoms with Crippen LogP contribution in [-0.2, 0) is 26.6 Å². The summed E-state index contributed by atoms with van der Waals surface area (Å²) in [6.45, 7) is 6.68. The van der Waals surface area contributed by atoms with Crippen molar-refractivity contribution in [1.29, 1.82) is 0 Å². The molecule has 174 valence electrons. The first-order valence-corrected chi connectivity index (χ1v) is 11.4. The molecule has 33 heavy (non-hydrogen) atoms. The maximum absolute atomic E-state index is 9.54. The van der Waals surface area contributed by atoms with Crippen LogP contribution in [0.5, 0.6) is 5.88 Å². The minimum atomic E-state index is 0.0175. The van der Waals surface area contributed by atoms with Crippen molar-refractivity contribution in [3.05, 3.63) is 47.0 Å². The first kappa shape index (κ1) is 21.7. The lowest BCUT2D eigenvalue weighted by molar-refractivity contribution is 0.204. The number of nitrogens with zero attached hydrogens (tertiary/aromatic N) is 6. The predicted octanol–water partition coefficient (Wildman–Crippen LogP) is 2.63. The summed E-state index contributed by atoms with van der Waals surface area (Å²) in [6, 6.07) is 6.43. The van der Waals surface area contributed by atoms with Crippen molar-refractivity contribution < 1.29 is 9.84 Å². The third kappa shape index (κ3) is 3.91. The molecule has 3 aromatic heterocycles. The van der Waals surface area contributed by atoms with Crippen LogP contribution in [0.1, 0.15) is 35.5 Å². The second-order valence-corrected chi connectivity index (χ2v) is 9.01. The van der Waals surface area contributed by atoms with Crippen LogP contribution in [0.2, 0.25) is 0 Å². The van der Waals surface area contributed by atoms with Gasteiger partial charge in [0.05, 0.1) is 36.3 Å². The Morgan fingerprint density at radius 2 is 2.12 bits per heavy atom. The molecule has 0 saturated heterocycles. The van der Waals surface area contributed by atoms with Gasteiger partial charge in [-0.3, -0.25) is 14.7 Å². The van der Waals surface area contributed by atoms with Gasteiger partial charge in [-0.15, -0.1) is 0 Å². The van der Waals surface area contributed by atoms with Gasteiger partial charge in [-0.2, -0.15) is 15.3 Å². The molecular weight excluding hydrogens is 418 g/mol. The van der Waals surface area contributed by atoms with E-state index in [-0.39, 0.29) is 12.5 Å². The number of nitrogens with one attached hydrogen (secondary N) is 1. The topological polar surface area (TPSA) is 97.0 Å². The molecule has 1 aliphatic rings. The van der Waals surface area contributed by atoms with Crippen molar-refractivity contribution in [2.75, 3.05) is 26.8 Å². The van der Waals surface area contributed by atoms with Crippen LogP contribution in [0.25, 0.3) is 22.0 Å². The summed E-state index contributed by atoms with van der Waals surface area (Å²) in [5.41, 5.74) is 7.52. The van der Waals surface area contributed by atoms with Gasteiger partial charge in [0.1, 0.15) is 6.61 Å². The SMILES string of the molecule is Cc1nn(CCO)c2c1CC(C)c1[nH]nc3ccc(cc13)-c1cnn(C)c1CN(C)CCO2. The zero-order valence-electron chi connectivity index (χ0n) is 19.7. The fourth-order valence-electron chi connectivity index (χ4n) is 4.75. The van der Waals surface area contributed by atoms with Gasteiger partial charge in [0, 0.05) is 48.3 Å². The summed E-state index contributed by atoms with van der Waals surface area (Å²) in [6.07, 6.45) is 2.72. The van der Waals surface area contributed by atoms with Gasteiger partial charge in [-0.25, -0.2) is 4.68 Å². The number of ether oxygens (including phenoxy) is 1. The Labute approximate surface area is 193 Å². The molecule has 0 spiro atoms. The van der Waals surface area contributed by atoms with Gasteiger partial charge in [0.25, 0.3) is 0 Å². The summed E-state index contributed by atoms with van der Waals surface area (Å²) in [7, 11) is 4.08. The third-order valence-corrected chi connectivity index (χ3v) is 6.60. The van der Waals surface area contributed by atoms with Crippen LogP contribution >= 0.6 is 0 Å². The molecule has 1 unspecified atom stereocenters. The highest BCUT2D eigenvalue weighted by molar-refractivity contribution is 5.87. The number of aryl methyl sites for hydroxylation is 2. The fraction of sp³-hybridized carbons (Fsp3) is 0.458. The van der Waals surface area contributed by atoms with Crippen LogP contribution in [0.3, 0.4) is 0 Å². The molecule has 1 atom stereocenters. The van der Waals surface area contributed by atoms with E-state index in [0.717, 1.165) is 70.1 Å². The van der Waals surface area contributed by atoms with Crippen molar-refractivity contribution >= 4 is 10.9 Å². The molecule has 2 bridgehead atoms. The third-order valence-electron chi connectivity index (χ3n) is 6.60. The molecule has 0 fully saturated rings. The lowest BCUT2D eigenvalue weighted by Gasteiger charge is -2.19. The van der Waals surface area contributed by atoms with E-state index in [1.807, 2.05) is 24.9 Å². The molecule has 2 N–H and O–H groups in total. The minimum absolute atomic E-state index is 0.0175. The van der Waals surface area contributed by atoms with E-state index in [4.69, 9.17) is 4.74 Å². The molecular formula is C24H31N7O2. The van der Waals surface area contributed by atoms with E-state index in [1.165, 1.54) is 0 Å². The summed E-state index contributed by atoms with van der Waals surface area (Å²) >= 11 is 0. The number of hydrogen-bond acceptors (Lipinski definition) is 6. The molecule has 0 aliphatic carbocycles. The summed E-state index contributed by atoms with van der Waals surface area (Å²) in [4.78, 5) is 2.24. The predicted molar refractivity (Wildman–Crippen MR) is 126 cm³/mol. The van der Waals surface area contributed by atoms with E-state index in [0.29, 0.717) is 13.2 Å². The van der Waals surface area contributed by atoms with Gasteiger partial charge >= 0.3 is 0 Å². The highest BCUT2D eigenvalue weighted by Gasteiger charge is 2.23. The van der Waals surface area contributed by atoms with Crippen molar-refractivity contribution in [3.63, 3.8) is 0 Å². The molecule has 9 heteroatoms. The van der Waals surface area contributed by atoms with Crippen molar-refractivity contribution in [1.82, 2.24) is 34.7 Å². The van der Waals surface area contributed by atoms with Crippen molar-refractivity contribution in [2.24, 2.45) is 7.05 Å². The number of fused-ring (bicyclic) bond motifs is 4. The first-order chi connectivity index (χ1) is 16.0. The highest BCUT2D eigenvalue weighted by atomic mass is 16.5. The Morgan fingerprint density at radius 3 is 2.94 bits per heavy atom. The number of H-pyrrole nitrogens is 1. The summed E-state index contributed by atoms with van der Waals surface area (Å²) in [5.74, 6) is 0.932. The Morgan fingerprint density at radius 1 is 1.27 bits per heavy atom. The Balaban J connectivity index is 1.63. The van der Waals surface area contributed by atoms with Gasteiger partial charge in [0.15, 0.2) is 0 Å². The number of rotatable bonds is 2. The van der Waals surface area contributed by atoms with Gasteiger partial charge in [-0.05, 0) is 38.1 Å². The molecule has 9 nitrogen and oxygen atoms in total. The van der Waals surface area contributed by atoms with Crippen LogP contribution in [0, 0.1) is 6.92 Å². The number of aliphatic hydroxyl groups is 1. The number of likely N-dealkylation sites (N-methyl/N-ethyl adjacent to an activating group) is 1. The van der Waals surface area contributed by atoms with Gasteiger partial charge in [0.2, 0.25) is 5.88 Å². The smallest absolute Gasteiger partial charge is 0.215 e. The zero-order valence-corrected chi connectivity index (χ0v) is 19.7. The van der Waals surface area contributed by atoms with Gasteiger partial charge in [-0.1, -0.05) is 13.0 Å². The molecule has 0 radical (unpaired) electrons. The van der Waals surface area contributed by atoms with E-state index < -0.39 is 0 Å². The van der Waals surface area contributed by atoms with Gasteiger partial charge < -0.3 is 9.84 Å². The molecule has 0 amide bonds. The maximum atomic E-state index is 9.54. The Kier molecular flexibility index (Phi) is 5.67. The van der Waals surface area contributed by atoms with Crippen LogP contribution < -0.4 is 4.74 Å². The average molecular weight is 450 g/mol. The highest BCUT2D eigenvalue weighted by Crippen LogP contribution is 2.34. The largest absolute Gasteiger partial charge is 0.476 e. The van der Waals surface area contributed by atoms with E-state index >= 15 is 0 Å². The number of aliphatic hydroxyl groups excluding tert-OH is 1. The first-order valence-electron chi connectivity index (χ1n) is 11.4. The molecule has 5 rings (SSSR count). The monoisotopic (exact) mass is 449 g/mol. The van der Waals surface area contributed by atoms with Crippen LogP contribution in [0.4, 0.5) is 0 Å².